The highest BCUT2D eigenvalue weighted by atomic mass is 35.5. The van der Waals surface area contributed by atoms with Crippen LogP contribution in [0.1, 0.15) is 25.5 Å². The molecule has 0 aliphatic heterocycles. The van der Waals surface area contributed by atoms with Gasteiger partial charge in [0.05, 0.1) is 10.0 Å². The number of likely N-dealkylation sites (N-methyl/N-ethyl adjacent to an activating group) is 1. The molecule has 0 spiro atoms. The third-order valence-corrected chi connectivity index (χ3v) is 3.46. The van der Waals surface area contributed by atoms with Crippen molar-refractivity contribution in [3.63, 3.8) is 0 Å². The Balaban J connectivity index is 2.72. The summed E-state index contributed by atoms with van der Waals surface area (Å²) in [6, 6.07) is 5.55. The van der Waals surface area contributed by atoms with Gasteiger partial charge in [0.15, 0.2) is 0 Å². The topological polar surface area (TPSA) is 29.3 Å². The van der Waals surface area contributed by atoms with Crippen LogP contribution in [-0.4, -0.2) is 24.5 Å². The first-order valence-corrected chi connectivity index (χ1v) is 6.27. The number of benzene rings is 1. The van der Waals surface area contributed by atoms with Gasteiger partial charge in [0.25, 0.3) is 0 Å². The average molecular weight is 261 g/mol. The number of nitrogens with two attached hydrogens (primary N) is 1. The van der Waals surface area contributed by atoms with Gasteiger partial charge in [0.2, 0.25) is 0 Å². The molecule has 4 heteroatoms. The first-order chi connectivity index (χ1) is 7.58. The van der Waals surface area contributed by atoms with Crippen LogP contribution >= 0.6 is 23.2 Å². The molecule has 0 aromatic heterocycles. The van der Waals surface area contributed by atoms with E-state index in [1.54, 1.807) is 6.07 Å². The smallest absolute Gasteiger partial charge is 0.0595 e. The molecule has 0 radical (unpaired) electrons. The maximum absolute atomic E-state index is 6.12. The molecule has 0 aliphatic rings. The first-order valence-electron chi connectivity index (χ1n) is 5.51. The number of hydrogen-bond donors (Lipinski definition) is 1. The zero-order valence-corrected chi connectivity index (χ0v) is 11.2. The van der Waals surface area contributed by atoms with E-state index in [0.717, 1.165) is 25.2 Å². The number of hydrogen-bond acceptors (Lipinski definition) is 2. The van der Waals surface area contributed by atoms with Crippen LogP contribution in [-0.2, 0) is 0 Å². The van der Waals surface area contributed by atoms with Gasteiger partial charge in [-0.15, -0.1) is 0 Å². The maximum atomic E-state index is 6.12. The minimum Gasteiger partial charge on any atom is -0.323 e. The summed E-state index contributed by atoms with van der Waals surface area (Å²) < 4.78 is 0. The van der Waals surface area contributed by atoms with Crippen LogP contribution in [0.15, 0.2) is 18.2 Å². The quantitative estimate of drug-likeness (QED) is 0.880. The monoisotopic (exact) mass is 260 g/mol. The largest absolute Gasteiger partial charge is 0.323 e. The SMILES string of the molecule is CCN(CC)CC(N)c1ccc(Cl)c(Cl)c1. The van der Waals surface area contributed by atoms with Crippen LogP contribution in [0.4, 0.5) is 0 Å². The molecule has 1 unspecified atom stereocenters. The summed E-state index contributed by atoms with van der Waals surface area (Å²) in [5.41, 5.74) is 7.15. The van der Waals surface area contributed by atoms with E-state index in [2.05, 4.69) is 18.7 Å². The minimum atomic E-state index is -0.0188. The van der Waals surface area contributed by atoms with Crippen molar-refractivity contribution in [1.29, 1.82) is 0 Å². The Bertz CT molecular complexity index is 338. The van der Waals surface area contributed by atoms with Gasteiger partial charge >= 0.3 is 0 Å². The van der Waals surface area contributed by atoms with E-state index in [4.69, 9.17) is 28.9 Å². The van der Waals surface area contributed by atoms with Crippen LogP contribution in [0.5, 0.6) is 0 Å². The minimum absolute atomic E-state index is 0.0188. The highest BCUT2D eigenvalue weighted by molar-refractivity contribution is 6.42. The van der Waals surface area contributed by atoms with Crippen molar-refractivity contribution in [3.05, 3.63) is 33.8 Å². The Morgan fingerprint density at radius 1 is 1.19 bits per heavy atom. The van der Waals surface area contributed by atoms with E-state index in [-0.39, 0.29) is 6.04 Å². The molecule has 0 bridgehead atoms. The van der Waals surface area contributed by atoms with Crippen LogP contribution in [0.2, 0.25) is 10.0 Å². The van der Waals surface area contributed by atoms with Crippen molar-refractivity contribution in [2.24, 2.45) is 5.73 Å². The van der Waals surface area contributed by atoms with E-state index in [1.165, 1.54) is 0 Å². The lowest BCUT2D eigenvalue weighted by molar-refractivity contribution is 0.284. The fourth-order valence-electron chi connectivity index (χ4n) is 1.61. The zero-order chi connectivity index (χ0) is 12.1. The molecule has 1 rings (SSSR count). The van der Waals surface area contributed by atoms with E-state index in [9.17, 15) is 0 Å². The summed E-state index contributed by atoms with van der Waals surface area (Å²) >= 11 is 11.8. The van der Waals surface area contributed by atoms with Gasteiger partial charge in [-0.3, -0.25) is 0 Å². The fraction of sp³-hybridized carbons (Fsp3) is 0.500. The Hall–Kier alpha value is -0.280. The fourth-order valence-corrected chi connectivity index (χ4v) is 1.91. The predicted molar refractivity (Wildman–Crippen MR) is 71.2 cm³/mol. The molecule has 90 valence electrons. The van der Waals surface area contributed by atoms with E-state index in [1.807, 2.05) is 12.1 Å². The molecule has 1 atom stereocenters. The summed E-state index contributed by atoms with van der Waals surface area (Å²) in [6.07, 6.45) is 0. The third-order valence-electron chi connectivity index (χ3n) is 2.72. The Morgan fingerprint density at radius 2 is 1.81 bits per heavy atom. The number of rotatable bonds is 5. The first kappa shape index (κ1) is 13.8. The second kappa shape index (κ2) is 6.45. The van der Waals surface area contributed by atoms with Crippen molar-refractivity contribution >= 4 is 23.2 Å². The Labute approximate surface area is 107 Å². The number of nitrogens with zero attached hydrogens (tertiary/aromatic N) is 1. The van der Waals surface area contributed by atoms with Gasteiger partial charge in [0, 0.05) is 12.6 Å². The molecule has 0 amide bonds. The molecule has 16 heavy (non-hydrogen) atoms. The highest BCUT2D eigenvalue weighted by Gasteiger charge is 2.11. The summed E-state index contributed by atoms with van der Waals surface area (Å²) in [5, 5.41) is 1.13. The van der Waals surface area contributed by atoms with Crippen molar-refractivity contribution in [1.82, 2.24) is 4.90 Å². The molecule has 0 saturated heterocycles. The Kier molecular flexibility index (Phi) is 5.56. The summed E-state index contributed by atoms with van der Waals surface area (Å²) in [5.74, 6) is 0. The standard InChI is InChI=1S/C12H18Cl2N2/c1-3-16(4-2)8-12(15)9-5-6-10(13)11(14)7-9/h5-7,12H,3-4,8,15H2,1-2H3. The van der Waals surface area contributed by atoms with E-state index < -0.39 is 0 Å². The third kappa shape index (κ3) is 3.63. The lowest BCUT2D eigenvalue weighted by atomic mass is 10.1. The molecular formula is C12H18Cl2N2. The van der Waals surface area contributed by atoms with Crippen molar-refractivity contribution in [2.45, 2.75) is 19.9 Å². The van der Waals surface area contributed by atoms with E-state index in [0.29, 0.717) is 10.0 Å². The van der Waals surface area contributed by atoms with Gasteiger partial charge in [-0.25, -0.2) is 0 Å². The van der Waals surface area contributed by atoms with Gasteiger partial charge in [-0.2, -0.15) is 0 Å². The van der Waals surface area contributed by atoms with Gasteiger partial charge in [-0.05, 0) is 30.8 Å². The predicted octanol–water partition coefficient (Wildman–Crippen LogP) is 3.34. The second-order valence-corrected chi connectivity index (χ2v) is 4.58. The molecule has 1 aromatic carbocycles. The van der Waals surface area contributed by atoms with Crippen LogP contribution in [0, 0.1) is 0 Å². The molecule has 1 aromatic rings. The lowest BCUT2D eigenvalue weighted by Crippen LogP contribution is -2.31. The summed E-state index contributed by atoms with van der Waals surface area (Å²) in [4.78, 5) is 2.28. The van der Waals surface area contributed by atoms with Gasteiger partial charge in [0.1, 0.15) is 0 Å². The molecule has 2 nitrogen and oxygen atoms in total. The van der Waals surface area contributed by atoms with Gasteiger partial charge in [-0.1, -0.05) is 43.1 Å². The zero-order valence-electron chi connectivity index (χ0n) is 9.71. The molecule has 0 saturated carbocycles. The van der Waals surface area contributed by atoms with Crippen LogP contribution in [0.3, 0.4) is 0 Å². The van der Waals surface area contributed by atoms with Crippen molar-refractivity contribution in [3.8, 4) is 0 Å². The normalized spacial score (nSPS) is 13.1. The molecular weight excluding hydrogens is 243 g/mol. The molecule has 0 aliphatic carbocycles. The summed E-state index contributed by atoms with van der Waals surface area (Å²) in [7, 11) is 0. The van der Waals surface area contributed by atoms with Gasteiger partial charge < -0.3 is 10.6 Å². The molecule has 2 N–H and O–H groups in total. The van der Waals surface area contributed by atoms with Crippen LogP contribution < -0.4 is 5.73 Å². The van der Waals surface area contributed by atoms with Crippen molar-refractivity contribution in [2.75, 3.05) is 19.6 Å². The number of halogens is 2. The summed E-state index contributed by atoms with van der Waals surface area (Å²) in [6.45, 7) is 7.11. The maximum Gasteiger partial charge on any atom is 0.0595 e. The highest BCUT2D eigenvalue weighted by Crippen LogP contribution is 2.25. The lowest BCUT2D eigenvalue weighted by Gasteiger charge is -2.23. The molecule has 0 fully saturated rings. The Morgan fingerprint density at radius 3 is 2.31 bits per heavy atom. The second-order valence-electron chi connectivity index (χ2n) is 3.77. The molecule has 0 heterocycles. The van der Waals surface area contributed by atoms with Crippen molar-refractivity contribution < 1.29 is 0 Å². The van der Waals surface area contributed by atoms with Crippen LogP contribution in [0.25, 0.3) is 0 Å². The average Bonchev–Trinajstić information content (AvgIpc) is 2.29. The van der Waals surface area contributed by atoms with E-state index >= 15 is 0 Å².